The number of aliphatic hydroxyl groups excluding tert-OH is 1. The van der Waals surface area contributed by atoms with E-state index in [1.54, 1.807) is 0 Å². The van der Waals surface area contributed by atoms with E-state index < -0.39 is 0 Å². The normalized spacial score (nSPS) is 27.3. The minimum atomic E-state index is -0.255. The molecule has 1 heterocycles. The number of nitriles is 1. The van der Waals surface area contributed by atoms with Crippen molar-refractivity contribution in [3.05, 3.63) is 23.3 Å². The molecule has 2 N–H and O–H groups in total. The molecule has 4 heteroatoms. The quantitative estimate of drug-likeness (QED) is 0.390. The summed E-state index contributed by atoms with van der Waals surface area (Å²) < 4.78 is 6.62. The summed E-state index contributed by atoms with van der Waals surface area (Å²) in [6.45, 7) is 4.64. The summed E-state index contributed by atoms with van der Waals surface area (Å²) in [6, 6.07) is 6.58. The van der Waals surface area contributed by atoms with Crippen LogP contribution in [0.1, 0.15) is 121 Å². The highest BCUT2D eigenvalue weighted by atomic mass is 16.5. The summed E-state index contributed by atoms with van der Waals surface area (Å²) in [5, 5.41) is 29.8. The van der Waals surface area contributed by atoms with Crippen LogP contribution in [0.4, 0.5) is 0 Å². The molecule has 2 saturated carbocycles. The molecule has 1 aromatic rings. The Bertz CT molecular complexity index is 849. The Hall–Kier alpha value is -1.73. The van der Waals surface area contributed by atoms with Crippen LogP contribution in [0.3, 0.4) is 0 Å². The molecular weight excluding hydrogens is 410 g/mol. The number of rotatable bonds is 9. The Morgan fingerprint density at radius 1 is 1.06 bits per heavy atom. The van der Waals surface area contributed by atoms with Gasteiger partial charge in [-0.05, 0) is 93.7 Å². The van der Waals surface area contributed by atoms with Gasteiger partial charge >= 0.3 is 0 Å². The highest BCUT2D eigenvalue weighted by Gasteiger charge is 2.48. The summed E-state index contributed by atoms with van der Waals surface area (Å²) in [5.41, 5.74) is 2.16. The molecule has 0 bridgehead atoms. The van der Waals surface area contributed by atoms with E-state index in [0.717, 1.165) is 43.4 Å². The largest absolute Gasteiger partial charge is 0.508 e. The molecule has 0 amide bonds. The highest BCUT2D eigenvalue weighted by Crippen LogP contribution is 2.57. The monoisotopic (exact) mass is 453 g/mol. The SMILES string of the molecule is CC1(C)Oc2cc(C3(CCCCCCCC#N)CCCC3)cc(O)c2[C@@H]2C[C@H](CO)CC[C@H]21. The molecule has 1 aromatic carbocycles. The van der Waals surface area contributed by atoms with Gasteiger partial charge in [0, 0.05) is 24.5 Å². The molecule has 1 aliphatic heterocycles. The van der Waals surface area contributed by atoms with Gasteiger partial charge in [0.15, 0.2) is 0 Å². The molecule has 2 aliphatic carbocycles. The Kier molecular flexibility index (Phi) is 7.59. The zero-order valence-electron chi connectivity index (χ0n) is 20.7. The van der Waals surface area contributed by atoms with Crippen molar-refractivity contribution in [2.45, 2.75) is 121 Å². The summed E-state index contributed by atoms with van der Waals surface area (Å²) in [6.07, 6.45) is 15.6. The van der Waals surface area contributed by atoms with Crippen molar-refractivity contribution in [3.63, 3.8) is 0 Å². The number of hydrogen-bond donors (Lipinski definition) is 2. The third kappa shape index (κ3) is 5.04. The van der Waals surface area contributed by atoms with Crippen LogP contribution >= 0.6 is 0 Å². The first-order valence-corrected chi connectivity index (χ1v) is 13.4. The molecule has 3 aliphatic rings. The maximum Gasteiger partial charge on any atom is 0.127 e. The summed E-state index contributed by atoms with van der Waals surface area (Å²) in [5.74, 6) is 2.26. The van der Waals surface area contributed by atoms with Crippen LogP contribution in [-0.2, 0) is 5.41 Å². The predicted molar refractivity (Wildman–Crippen MR) is 132 cm³/mol. The molecule has 182 valence electrons. The third-order valence-corrected chi connectivity index (χ3v) is 9.09. The van der Waals surface area contributed by atoms with Crippen LogP contribution in [0.2, 0.25) is 0 Å². The van der Waals surface area contributed by atoms with Gasteiger partial charge in [-0.1, -0.05) is 38.5 Å². The highest BCUT2D eigenvalue weighted by molar-refractivity contribution is 5.53. The molecule has 4 rings (SSSR count). The zero-order chi connectivity index (χ0) is 23.5. The lowest BCUT2D eigenvalue weighted by molar-refractivity contribution is -0.0211. The molecule has 0 saturated heterocycles. The number of unbranched alkanes of at least 4 members (excludes halogenated alkanes) is 5. The lowest BCUT2D eigenvalue weighted by Crippen LogP contribution is -2.47. The van der Waals surface area contributed by atoms with E-state index in [-0.39, 0.29) is 23.5 Å². The lowest BCUT2D eigenvalue weighted by atomic mass is 9.63. The minimum Gasteiger partial charge on any atom is -0.508 e. The van der Waals surface area contributed by atoms with Gasteiger partial charge in [0.05, 0.1) is 6.07 Å². The Balaban J connectivity index is 1.55. The van der Waals surface area contributed by atoms with Crippen molar-refractivity contribution in [3.8, 4) is 17.6 Å². The van der Waals surface area contributed by atoms with Crippen LogP contribution < -0.4 is 4.74 Å². The fraction of sp³-hybridized carbons (Fsp3) is 0.759. The number of phenolic OH excluding ortho intramolecular Hbond substituents is 1. The first kappa shape index (κ1) is 24.4. The molecule has 2 fully saturated rings. The fourth-order valence-corrected chi connectivity index (χ4v) is 7.24. The average Bonchev–Trinajstić information content (AvgIpc) is 3.27. The van der Waals surface area contributed by atoms with Crippen LogP contribution in [0.5, 0.6) is 11.5 Å². The van der Waals surface area contributed by atoms with Gasteiger partial charge in [-0.2, -0.15) is 5.26 Å². The molecular formula is C29H43NO3. The van der Waals surface area contributed by atoms with Crippen LogP contribution in [-0.4, -0.2) is 22.4 Å². The van der Waals surface area contributed by atoms with Crippen molar-refractivity contribution >= 4 is 0 Å². The van der Waals surface area contributed by atoms with Crippen LogP contribution in [0.15, 0.2) is 12.1 Å². The number of fused-ring (bicyclic) bond motifs is 3. The maximum absolute atomic E-state index is 11.3. The second-order valence-electron chi connectivity index (χ2n) is 11.6. The topological polar surface area (TPSA) is 73.5 Å². The van der Waals surface area contributed by atoms with Crippen molar-refractivity contribution < 1.29 is 14.9 Å². The van der Waals surface area contributed by atoms with E-state index >= 15 is 0 Å². The zero-order valence-corrected chi connectivity index (χ0v) is 20.7. The molecule has 3 atom stereocenters. The number of benzene rings is 1. The molecule has 33 heavy (non-hydrogen) atoms. The van der Waals surface area contributed by atoms with Crippen molar-refractivity contribution in [2.24, 2.45) is 11.8 Å². The third-order valence-electron chi connectivity index (χ3n) is 9.09. The number of hydrogen-bond acceptors (Lipinski definition) is 4. The van der Waals surface area contributed by atoms with E-state index in [4.69, 9.17) is 10.00 Å². The summed E-state index contributed by atoms with van der Waals surface area (Å²) >= 11 is 0. The number of aliphatic hydroxyl groups is 1. The van der Waals surface area contributed by atoms with Gasteiger partial charge in [0.1, 0.15) is 17.1 Å². The van der Waals surface area contributed by atoms with Gasteiger partial charge in [0.25, 0.3) is 0 Å². The van der Waals surface area contributed by atoms with Gasteiger partial charge in [0.2, 0.25) is 0 Å². The summed E-state index contributed by atoms with van der Waals surface area (Å²) in [4.78, 5) is 0. The molecule has 4 nitrogen and oxygen atoms in total. The fourth-order valence-electron chi connectivity index (χ4n) is 7.24. The van der Waals surface area contributed by atoms with Crippen molar-refractivity contribution in [1.82, 2.24) is 0 Å². The second kappa shape index (κ2) is 10.3. The molecule has 0 unspecified atom stereocenters. The van der Waals surface area contributed by atoms with Gasteiger partial charge < -0.3 is 14.9 Å². The number of aromatic hydroxyl groups is 1. The van der Waals surface area contributed by atoms with E-state index in [9.17, 15) is 10.2 Å². The second-order valence-corrected chi connectivity index (χ2v) is 11.6. The first-order chi connectivity index (χ1) is 15.9. The number of phenols is 1. The van der Waals surface area contributed by atoms with Crippen molar-refractivity contribution in [2.75, 3.05) is 6.61 Å². The van der Waals surface area contributed by atoms with Crippen molar-refractivity contribution in [1.29, 1.82) is 5.26 Å². The van der Waals surface area contributed by atoms with E-state index in [2.05, 4.69) is 32.0 Å². The minimum absolute atomic E-state index is 0.156. The Morgan fingerprint density at radius 3 is 2.52 bits per heavy atom. The smallest absolute Gasteiger partial charge is 0.127 e. The Morgan fingerprint density at radius 2 is 1.79 bits per heavy atom. The standard InChI is InChI=1S/C29H43NO3/c1-28(2)24-12-11-21(20-31)17-23(24)27-25(32)18-22(19-26(27)33-28)29(14-8-9-15-29)13-7-5-3-4-6-10-16-30/h18-19,21,23-24,31-32H,3-15,17,20H2,1-2H3/t21-,23-,24-/m1/s1. The summed E-state index contributed by atoms with van der Waals surface area (Å²) in [7, 11) is 0. The Labute approximate surface area is 200 Å². The van der Waals surface area contributed by atoms with E-state index in [1.165, 1.54) is 56.9 Å². The number of nitrogens with zero attached hydrogens (tertiary/aromatic N) is 1. The maximum atomic E-state index is 11.3. The first-order valence-electron chi connectivity index (χ1n) is 13.4. The molecule has 0 radical (unpaired) electrons. The average molecular weight is 454 g/mol. The lowest BCUT2D eigenvalue weighted by Gasteiger charge is -2.49. The van der Waals surface area contributed by atoms with Crippen LogP contribution in [0, 0.1) is 23.2 Å². The van der Waals surface area contributed by atoms with Gasteiger partial charge in [-0.15, -0.1) is 0 Å². The molecule has 0 aromatic heterocycles. The number of ether oxygens (including phenoxy) is 1. The van der Waals surface area contributed by atoms with Gasteiger partial charge in [-0.25, -0.2) is 0 Å². The van der Waals surface area contributed by atoms with E-state index in [0.29, 0.717) is 24.0 Å². The molecule has 0 spiro atoms. The van der Waals surface area contributed by atoms with Crippen LogP contribution in [0.25, 0.3) is 0 Å². The predicted octanol–water partition coefficient (Wildman–Crippen LogP) is 7.12. The van der Waals surface area contributed by atoms with E-state index in [1.807, 2.05) is 0 Å². The van der Waals surface area contributed by atoms with Gasteiger partial charge in [-0.3, -0.25) is 0 Å².